The first-order valence-electron chi connectivity index (χ1n) is 5.03. The molecule has 0 saturated carbocycles. The van der Waals surface area contributed by atoms with Gasteiger partial charge in [-0.1, -0.05) is 11.6 Å². The van der Waals surface area contributed by atoms with Crippen LogP contribution in [0, 0.1) is 18.9 Å². The second-order valence-corrected chi connectivity index (χ2v) is 4.20. The molecule has 0 unspecified atom stereocenters. The Morgan fingerprint density at radius 3 is 2.59 bits per heavy atom. The highest BCUT2D eigenvalue weighted by Gasteiger charge is 2.13. The van der Waals surface area contributed by atoms with Crippen molar-refractivity contribution in [2.45, 2.75) is 6.92 Å². The molecule has 90 valence electrons. The van der Waals surface area contributed by atoms with Crippen molar-refractivity contribution in [1.82, 2.24) is 4.90 Å². The summed E-state index contributed by atoms with van der Waals surface area (Å²) in [5.41, 5.74) is 1.21. The second-order valence-electron chi connectivity index (χ2n) is 3.76. The van der Waals surface area contributed by atoms with Crippen molar-refractivity contribution in [1.29, 1.82) is 0 Å². The Kier molecular flexibility index (Phi) is 4.42. The van der Waals surface area contributed by atoms with Gasteiger partial charge in [-0.25, -0.2) is 0 Å². The summed E-state index contributed by atoms with van der Waals surface area (Å²) >= 11 is 5.92. The lowest BCUT2D eigenvalue weighted by Crippen LogP contribution is -2.05. The lowest BCUT2D eigenvalue weighted by atomic mass is 10.1. The van der Waals surface area contributed by atoms with Crippen molar-refractivity contribution < 1.29 is 9.53 Å². The van der Waals surface area contributed by atoms with E-state index < -0.39 is 0 Å². The summed E-state index contributed by atoms with van der Waals surface area (Å²) in [6, 6.07) is 5.99. The van der Waals surface area contributed by atoms with Crippen LogP contribution in [0.5, 0.6) is 5.75 Å². The summed E-state index contributed by atoms with van der Waals surface area (Å²) in [6.07, 6.45) is 0. The lowest BCUT2D eigenvalue weighted by Gasteiger charge is -2.09. The van der Waals surface area contributed by atoms with E-state index in [1.165, 1.54) is 7.11 Å². The van der Waals surface area contributed by atoms with Gasteiger partial charge in [0, 0.05) is 31.1 Å². The van der Waals surface area contributed by atoms with E-state index in [0.29, 0.717) is 16.3 Å². The molecule has 0 bridgehead atoms. The molecule has 4 heteroatoms. The third-order valence-corrected chi connectivity index (χ3v) is 2.30. The summed E-state index contributed by atoms with van der Waals surface area (Å²) in [5.74, 6) is 2.74. The molecule has 0 N–H and O–H groups in total. The highest BCUT2D eigenvalue weighted by atomic mass is 35.5. The number of hydrogen-bond acceptors (Lipinski definition) is 3. The molecule has 0 heterocycles. The number of halogens is 1. The first kappa shape index (κ1) is 13.4. The Morgan fingerprint density at radius 2 is 2.06 bits per heavy atom. The van der Waals surface area contributed by atoms with Crippen molar-refractivity contribution in [3.8, 4) is 17.7 Å². The zero-order chi connectivity index (χ0) is 13.0. The van der Waals surface area contributed by atoms with Crippen LogP contribution in [-0.4, -0.2) is 31.9 Å². The van der Waals surface area contributed by atoms with Gasteiger partial charge >= 0.3 is 0 Å². The van der Waals surface area contributed by atoms with Crippen LogP contribution in [0.1, 0.15) is 15.9 Å². The standard InChI is InChI=1S/C13H14ClNO2/c1-9-7-10(14)8-11(13(9)17-4)12(16)5-6-15(2)3/h7-8H,1-4H3. The Hall–Kier alpha value is -1.66. The maximum absolute atomic E-state index is 11.9. The molecular formula is C13H14ClNO2. The van der Waals surface area contributed by atoms with Gasteiger partial charge in [0.25, 0.3) is 0 Å². The summed E-state index contributed by atoms with van der Waals surface area (Å²) in [4.78, 5) is 13.5. The number of carbonyl (C=O) groups is 1. The fraction of sp³-hybridized carbons (Fsp3) is 0.308. The maximum atomic E-state index is 11.9. The van der Waals surface area contributed by atoms with Crippen LogP contribution in [0.4, 0.5) is 0 Å². The smallest absolute Gasteiger partial charge is 0.241 e. The van der Waals surface area contributed by atoms with Gasteiger partial charge in [0.15, 0.2) is 0 Å². The third kappa shape index (κ3) is 3.40. The normalized spacial score (nSPS) is 9.24. The van der Waals surface area contributed by atoms with Gasteiger partial charge in [0.1, 0.15) is 5.75 Å². The number of methoxy groups -OCH3 is 1. The predicted octanol–water partition coefficient (Wildman–Crippen LogP) is 2.36. The molecule has 0 aliphatic rings. The molecule has 1 rings (SSSR count). The van der Waals surface area contributed by atoms with Crippen LogP contribution < -0.4 is 4.74 Å². The summed E-state index contributed by atoms with van der Waals surface area (Å²) in [7, 11) is 5.05. The largest absolute Gasteiger partial charge is 0.496 e. The second kappa shape index (κ2) is 5.60. The number of rotatable bonds is 2. The minimum atomic E-state index is -0.304. The van der Waals surface area contributed by atoms with Crippen molar-refractivity contribution in [3.05, 3.63) is 28.3 Å². The summed E-state index contributed by atoms with van der Waals surface area (Å²) in [5, 5.41) is 0.498. The van der Waals surface area contributed by atoms with Crippen LogP contribution in [0.15, 0.2) is 12.1 Å². The molecular weight excluding hydrogens is 238 g/mol. The van der Waals surface area contributed by atoms with Crippen LogP contribution >= 0.6 is 11.6 Å². The summed E-state index contributed by atoms with van der Waals surface area (Å²) in [6.45, 7) is 1.83. The van der Waals surface area contributed by atoms with Crippen molar-refractivity contribution >= 4 is 17.4 Å². The average Bonchev–Trinajstić information content (AvgIpc) is 2.24. The number of nitrogens with zero attached hydrogens (tertiary/aromatic N) is 1. The van der Waals surface area contributed by atoms with Gasteiger partial charge < -0.3 is 9.64 Å². The Morgan fingerprint density at radius 1 is 1.41 bits per heavy atom. The van der Waals surface area contributed by atoms with E-state index >= 15 is 0 Å². The number of aryl methyl sites for hydroxylation is 1. The number of Topliss-reactive ketones (excluding diaryl/α,β-unsaturated/α-hetero) is 1. The molecule has 3 nitrogen and oxygen atoms in total. The van der Waals surface area contributed by atoms with Gasteiger partial charge in [-0.15, -0.1) is 0 Å². The highest BCUT2D eigenvalue weighted by molar-refractivity contribution is 6.31. The number of carbonyl (C=O) groups excluding carboxylic acids is 1. The zero-order valence-corrected chi connectivity index (χ0v) is 11.1. The van der Waals surface area contributed by atoms with E-state index in [1.807, 2.05) is 6.92 Å². The first-order valence-corrected chi connectivity index (χ1v) is 5.41. The summed E-state index contributed by atoms with van der Waals surface area (Å²) < 4.78 is 5.20. The quantitative estimate of drug-likeness (QED) is 0.459. The van der Waals surface area contributed by atoms with Crippen molar-refractivity contribution in [2.75, 3.05) is 21.2 Å². The molecule has 1 aromatic carbocycles. The first-order chi connectivity index (χ1) is 7.95. The number of ketones is 1. The number of hydrogen-bond donors (Lipinski definition) is 0. The lowest BCUT2D eigenvalue weighted by molar-refractivity contribution is 0.105. The van der Waals surface area contributed by atoms with Gasteiger partial charge in [-0.05, 0) is 24.6 Å². The van der Waals surface area contributed by atoms with E-state index in [9.17, 15) is 4.79 Å². The predicted molar refractivity (Wildman–Crippen MR) is 68.5 cm³/mol. The van der Waals surface area contributed by atoms with Crippen molar-refractivity contribution in [2.24, 2.45) is 0 Å². The Balaban J connectivity index is 3.22. The third-order valence-electron chi connectivity index (χ3n) is 2.08. The van der Waals surface area contributed by atoms with E-state index in [1.54, 1.807) is 31.1 Å². The maximum Gasteiger partial charge on any atom is 0.241 e. The molecule has 1 aromatic rings. The molecule has 0 aliphatic carbocycles. The molecule has 0 amide bonds. The SMILES string of the molecule is COc1c(C)cc(Cl)cc1C(=O)C#CN(C)C. The van der Waals surface area contributed by atoms with Gasteiger partial charge in [-0.2, -0.15) is 0 Å². The van der Waals surface area contributed by atoms with Crippen LogP contribution in [0.25, 0.3) is 0 Å². The fourth-order valence-corrected chi connectivity index (χ4v) is 1.67. The van der Waals surface area contributed by atoms with Gasteiger partial charge in [-0.3, -0.25) is 4.79 Å². The molecule has 0 radical (unpaired) electrons. The molecule has 0 spiro atoms. The zero-order valence-electron chi connectivity index (χ0n) is 10.3. The fourth-order valence-electron chi connectivity index (χ4n) is 1.40. The van der Waals surface area contributed by atoms with Gasteiger partial charge in [0.2, 0.25) is 5.78 Å². The highest BCUT2D eigenvalue weighted by Crippen LogP contribution is 2.27. The van der Waals surface area contributed by atoms with E-state index in [4.69, 9.17) is 16.3 Å². The van der Waals surface area contributed by atoms with Crippen LogP contribution in [0.2, 0.25) is 5.02 Å². The van der Waals surface area contributed by atoms with Crippen LogP contribution in [-0.2, 0) is 0 Å². The van der Waals surface area contributed by atoms with E-state index in [0.717, 1.165) is 5.56 Å². The van der Waals surface area contributed by atoms with Crippen LogP contribution in [0.3, 0.4) is 0 Å². The van der Waals surface area contributed by atoms with E-state index in [2.05, 4.69) is 12.0 Å². The minimum absolute atomic E-state index is 0.304. The molecule has 0 aromatic heterocycles. The monoisotopic (exact) mass is 251 g/mol. The average molecular weight is 252 g/mol. The van der Waals surface area contributed by atoms with Gasteiger partial charge in [0.05, 0.1) is 12.7 Å². The topological polar surface area (TPSA) is 29.5 Å². The number of benzene rings is 1. The van der Waals surface area contributed by atoms with E-state index in [-0.39, 0.29) is 5.78 Å². The molecule has 0 atom stereocenters. The molecule has 0 saturated heterocycles. The molecule has 0 fully saturated rings. The minimum Gasteiger partial charge on any atom is -0.496 e. The Bertz CT molecular complexity index is 498. The molecule has 0 aliphatic heterocycles. The molecule has 17 heavy (non-hydrogen) atoms. The number of ether oxygens (including phenoxy) is 1. The van der Waals surface area contributed by atoms with Crippen molar-refractivity contribution in [3.63, 3.8) is 0 Å². The Labute approximate surface area is 106 Å².